The van der Waals surface area contributed by atoms with Gasteiger partial charge in [0, 0.05) is 0 Å². The smallest absolute Gasteiger partial charge is 0.323 e. The number of nitrogens with one attached hydrogen (secondary N) is 2. The van der Waals surface area contributed by atoms with Crippen molar-refractivity contribution >= 4 is 35.5 Å². The molecule has 0 aromatic carbocycles. The van der Waals surface area contributed by atoms with Crippen LogP contribution < -0.4 is 10.7 Å². The Hall–Kier alpha value is -1.77. The molecule has 9 heteroatoms. The molecule has 0 unspecified atom stereocenters. The summed E-state index contributed by atoms with van der Waals surface area (Å²) in [6.45, 7) is 1.98. The topological polar surface area (TPSA) is 98.8 Å². The van der Waals surface area contributed by atoms with Crippen LogP contribution in [0.2, 0.25) is 0 Å². The van der Waals surface area contributed by atoms with Crippen LogP contribution in [0, 0.1) is 5.92 Å². The highest BCUT2D eigenvalue weighted by Gasteiger charge is 2.52. The van der Waals surface area contributed by atoms with E-state index in [9.17, 15) is 19.2 Å². The Morgan fingerprint density at radius 2 is 2.04 bits per heavy atom. The van der Waals surface area contributed by atoms with Gasteiger partial charge in [0.15, 0.2) is 0 Å². The summed E-state index contributed by atoms with van der Waals surface area (Å²) in [5.74, 6) is 0.300. The lowest BCUT2D eigenvalue weighted by atomic mass is 9.77. The number of hydrazine groups is 1. The number of amides is 5. The summed E-state index contributed by atoms with van der Waals surface area (Å²) in [7, 11) is 0. The molecule has 1 saturated carbocycles. The third kappa shape index (κ3) is 3.01. The zero-order valence-electron chi connectivity index (χ0n) is 13.0. The van der Waals surface area contributed by atoms with Crippen LogP contribution in [0.15, 0.2) is 0 Å². The highest BCUT2D eigenvalue weighted by Crippen LogP contribution is 2.35. The Labute approximate surface area is 138 Å². The van der Waals surface area contributed by atoms with E-state index in [-0.39, 0.29) is 12.5 Å². The van der Waals surface area contributed by atoms with Gasteiger partial charge in [-0.3, -0.25) is 19.8 Å². The molecule has 2 aliphatic heterocycles. The quantitative estimate of drug-likeness (QED) is 0.708. The monoisotopic (exact) mass is 340 g/mol. The second-order valence-corrected chi connectivity index (χ2v) is 7.39. The Bertz CT molecular complexity index is 559. The Balaban J connectivity index is 1.61. The molecule has 23 heavy (non-hydrogen) atoms. The van der Waals surface area contributed by atoms with Crippen LogP contribution in [0.5, 0.6) is 0 Å². The fraction of sp³-hybridized carbons (Fsp3) is 0.714. The molecule has 0 aromatic rings. The van der Waals surface area contributed by atoms with Gasteiger partial charge in [-0.25, -0.2) is 4.79 Å². The Morgan fingerprint density at radius 1 is 1.35 bits per heavy atom. The Morgan fingerprint density at radius 3 is 2.65 bits per heavy atom. The third-order valence-electron chi connectivity index (χ3n) is 4.69. The van der Waals surface area contributed by atoms with E-state index in [0.717, 1.165) is 17.9 Å². The normalized spacial score (nSPS) is 31.0. The number of carbonyl (C=O) groups excluding carboxylic acids is 4. The van der Waals surface area contributed by atoms with Gasteiger partial charge in [0.05, 0.1) is 11.6 Å². The molecule has 3 rings (SSSR count). The lowest BCUT2D eigenvalue weighted by Crippen LogP contribution is -2.53. The van der Waals surface area contributed by atoms with E-state index in [2.05, 4.69) is 17.7 Å². The number of rotatable bonds is 3. The summed E-state index contributed by atoms with van der Waals surface area (Å²) in [4.78, 5) is 49.6. The summed E-state index contributed by atoms with van der Waals surface area (Å²) < 4.78 is 0. The molecule has 2 N–H and O–H groups in total. The zero-order valence-corrected chi connectivity index (χ0v) is 13.8. The maximum atomic E-state index is 12.6. The SMILES string of the molecule is CC1CCC2(CC1)NC(=O)N(NC(=O)CN1CSCC1=O)C2=O. The van der Waals surface area contributed by atoms with E-state index in [1.54, 1.807) is 0 Å². The van der Waals surface area contributed by atoms with Crippen LogP contribution in [0.3, 0.4) is 0 Å². The molecule has 3 fully saturated rings. The van der Waals surface area contributed by atoms with Gasteiger partial charge in [0.1, 0.15) is 12.1 Å². The van der Waals surface area contributed by atoms with Crippen LogP contribution in [-0.4, -0.2) is 57.4 Å². The van der Waals surface area contributed by atoms with Gasteiger partial charge in [-0.2, -0.15) is 5.01 Å². The van der Waals surface area contributed by atoms with Crippen molar-refractivity contribution in [2.45, 2.75) is 38.1 Å². The number of nitrogens with zero attached hydrogens (tertiary/aromatic N) is 2. The standard InChI is InChI=1S/C14H20N4O4S/c1-9-2-4-14(5-3-9)12(21)18(13(22)15-14)16-10(19)6-17-8-23-7-11(17)20/h9H,2-8H2,1H3,(H,15,22)(H,16,19). The van der Waals surface area contributed by atoms with Crippen molar-refractivity contribution in [2.24, 2.45) is 5.92 Å². The zero-order chi connectivity index (χ0) is 16.6. The molecule has 0 radical (unpaired) electrons. The minimum absolute atomic E-state index is 0.111. The predicted molar refractivity (Wildman–Crippen MR) is 82.9 cm³/mol. The summed E-state index contributed by atoms with van der Waals surface area (Å²) in [5, 5.41) is 3.51. The largest absolute Gasteiger partial charge is 0.344 e. The predicted octanol–water partition coefficient (Wildman–Crippen LogP) is 0.0512. The van der Waals surface area contributed by atoms with E-state index in [0.29, 0.717) is 30.4 Å². The van der Waals surface area contributed by atoms with Crippen LogP contribution >= 0.6 is 11.8 Å². The average molecular weight is 340 g/mol. The maximum absolute atomic E-state index is 12.6. The van der Waals surface area contributed by atoms with Crippen molar-refractivity contribution in [2.75, 3.05) is 18.2 Å². The Kier molecular flexibility index (Phi) is 4.22. The summed E-state index contributed by atoms with van der Waals surface area (Å²) in [5.41, 5.74) is 1.46. The first-order chi connectivity index (χ1) is 10.9. The molecule has 2 saturated heterocycles. The first-order valence-corrected chi connectivity index (χ1v) is 8.88. The number of hydrogen-bond donors (Lipinski definition) is 2. The summed E-state index contributed by atoms with van der Waals surface area (Å²) in [6.07, 6.45) is 2.92. The van der Waals surface area contributed by atoms with Gasteiger partial charge in [-0.1, -0.05) is 6.92 Å². The lowest BCUT2D eigenvalue weighted by molar-refractivity contribution is -0.141. The van der Waals surface area contributed by atoms with Crippen molar-refractivity contribution < 1.29 is 19.2 Å². The molecular formula is C14H20N4O4S. The average Bonchev–Trinajstić information content (AvgIpc) is 3.00. The first-order valence-electron chi connectivity index (χ1n) is 7.73. The molecule has 8 nitrogen and oxygen atoms in total. The van der Waals surface area contributed by atoms with Crippen LogP contribution in [0.1, 0.15) is 32.6 Å². The van der Waals surface area contributed by atoms with E-state index >= 15 is 0 Å². The third-order valence-corrected chi connectivity index (χ3v) is 5.63. The van der Waals surface area contributed by atoms with Crippen LogP contribution in [0.4, 0.5) is 4.79 Å². The fourth-order valence-electron chi connectivity index (χ4n) is 3.19. The lowest BCUT2D eigenvalue weighted by Gasteiger charge is -2.33. The molecule has 1 aliphatic carbocycles. The van der Waals surface area contributed by atoms with Crippen molar-refractivity contribution in [3.8, 4) is 0 Å². The molecule has 5 amide bonds. The molecular weight excluding hydrogens is 320 g/mol. The van der Waals surface area contributed by atoms with Crippen molar-refractivity contribution in [3.05, 3.63) is 0 Å². The number of thioether (sulfide) groups is 1. The van der Waals surface area contributed by atoms with Crippen molar-refractivity contribution in [1.82, 2.24) is 20.7 Å². The first kappa shape index (κ1) is 16.1. The highest BCUT2D eigenvalue weighted by atomic mass is 32.2. The molecule has 0 bridgehead atoms. The minimum Gasteiger partial charge on any atom is -0.323 e. The second-order valence-electron chi connectivity index (χ2n) is 6.44. The summed E-state index contributed by atoms with van der Waals surface area (Å²) in [6, 6.07) is -0.597. The van der Waals surface area contributed by atoms with E-state index < -0.39 is 23.4 Å². The molecule has 0 atom stereocenters. The number of imide groups is 1. The number of carbonyl (C=O) groups is 4. The van der Waals surface area contributed by atoms with Crippen molar-refractivity contribution in [3.63, 3.8) is 0 Å². The summed E-state index contributed by atoms with van der Waals surface area (Å²) >= 11 is 1.43. The molecule has 1 spiro atoms. The highest BCUT2D eigenvalue weighted by molar-refractivity contribution is 8.00. The second kappa shape index (κ2) is 6.03. The van der Waals surface area contributed by atoms with Gasteiger partial charge < -0.3 is 10.2 Å². The van der Waals surface area contributed by atoms with E-state index in [1.807, 2.05) is 0 Å². The van der Waals surface area contributed by atoms with Gasteiger partial charge in [-0.05, 0) is 31.6 Å². The fourth-order valence-corrected chi connectivity index (χ4v) is 4.09. The minimum atomic E-state index is -0.879. The van der Waals surface area contributed by atoms with Gasteiger partial charge in [0.2, 0.25) is 5.91 Å². The van der Waals surface area contributed by atoms with E-state index in [1.165, 1.54) is 16.7 Å². The molecule has 2 heterocycles. The number of hydrogen-bond acceptors (Lipinski definition) is 5. The van der Waals surface area contributed by atoms with Crippen molar-refractivity contribution in [1.29, 1.82) is 0 Å². The molecule has 126 valence electrons. The number of urea groups is 1. The maximum Gasteiger partial charge on any atom is 0.344 e. The van der Waals surface area contributed by atoms with Gasteiger partial charge in [0.25, 0.3) is 11.8 Å². The molecule has 3 aliphatic rings. The van der Waals surface area contributed by atoms with E-state index in [4.69, 9.17) is 0 Å². The van der Waals surface area contributed by atoms with Crippen LogP contribution in [0.25, 0.3) is 0 Å². The van der Waals surface area contributed by atoms with Gasteiger partial charge in [-0.15, -0.1) is 11.8 Å². The van der Waals surface area contributed by atoms with Crippen LogP contribution in [-0.2, 0) is 14.4 Å². The molecule has 0 aromatic heterocycles. The van der Waals surface area contributed by atoms with Gasteiger partial charge >= 0.3 is 6.03 Å².